The molecule has 0 aliphatic rings. The quantitative estimate of drug-likeness (QED) is 0.663. The lowest BCUT2D eigenvalue weighted by Crippen LogP contribution is -2.22. The molecule has 1 amide bonds. The summed E-state index contributed by atoms with van der Waals surface area (Å²) < 4.78 is 6.14. The number of aromatic hydroxyl groups is 1. The van der Waals surface area contributed by atoms with Gasteiger partial charge in [-0.1, -0.05) is 34.1 Å². The molecule has 0 aromatic heterocycles. The van der Waals surface area contributed by atoms with Gasteiger partial charge in [0, 0.05) is 17.4 Å². The molecule has 0 aliphatic heterocycles. The van der Waals surface area contributed by atoms with Gasteiger partial charge in [0.1, 0.15) is 0 Å². The summed E-state index contributed by atoms with van der Waals surface area (Å²) in [4.78, 5) is 11.9. The second kappa shape index (κ2) is 9.33. The van der Waals surface area contributed by atoms with Crippen molar-refractivity contribution in [3.8, 4) is 11.5 Å². The number of unbranched alkanes of at least 4 members (excludes halogenated alkanes) is 1. The van der Waals surface area contributed by atoms with Crippen LogP contribution in [-0.2, 0) is 17.8 Å². The highest BCUT2D eigenvalue weighted by molar-refractivity contribution is 9.10. The van der Waals surface area contributed by atoms with Crippen LogP contribution in [-0.4, -0.2) is 18.1 Å². The standard InChI is InChI=1S/C19H22BrNO3/c1-24-18-12-15(8-11-17(18)22)13-21-19(23)5-3-2-4-14-6-9-16(20)10-7-14/h6-12,22H,2-5,13H2,1H3,(H,21,23). The number of phenols is 1. The fourth-order valence-electron chi connectivity index (χ4n) is 2.39. The Morgan fingerprint density at radius 2 is 1.83 bits per heavy atom. The van der Waals surface area contributed by atoms with E-state index in [0.717, 1.165) is 29.3 Å². The Kier molecular flexibility index (Phi) is 7.12. The summed E-state index contributed by atoms with van der Waals surface area (Å²) in [7, 11) is 1.50. The number of rotatable bonds is 8. The lowest BCUT2D eigenvalue weighted by atomic mass is 10.1. The molecule has 5 heteroatoms. The number of hydrogen-bond donors (Lipinski definition) is 2. The normalized spacial score (nSPS) is 10.4. The molecule has 2 N–H and O–H groups in total. The fourth-order valence-corrected chi connectivity index (χ4v) is 2.65. The Hall–Kier alpha value is -2.01. The first-order chi connectivity index (χ1) is 11.6. The Bertz CT molecular complexity index is 671. The van der Waals surface area contributed by atoms with Crippen LogP contribution in [0.15, 0.2) is 46.9 Å². The van der Waals surface area contributed by atoms with E-state index in [0.29, 0.717) is 18.7 Å². The molecule has 24 heavy (non-hydrogen) atoms. The molecule has 0 bridgehead atoms. The smallest absolute Gasteiger partial charge is 0.220 e. The molecule has 2 rings (SSSR count). The maximum Gasteiger partial charge on any atom is 0.220 e. The van der Waals surface area contributed by atoms with Gasteiger partial charge in [-0.2, -0.15) is 0 Å². The van der Waals surface area contributed by atoms with Gasteiger partial charge < -0.3 is 15.2 Å². The van der Waals surface area contributed by atoms with Gasteiger partial charge in [-0.25, -0.2) is 0 Å². The number of halogens is 1. The van der Waals surface area contributed by atoms with Crippen LogP contribution in [0.25, 0.3) is 0 Å². The molecule has 128 valence electrons. The second-order valence-corrected chi connectivity index (χ2v) is 6.53. The molecular weight excluding hydrogens is 370 g/mol. The third-order valence-corrected chi connectivity index (χ3v) is 4.30. The van der Waals surface area contributed by atoms with E-state index in [2.05, 4.69) is 33.4 Å². The molecule has 0 saturated heterocycles. The number of carbonyl (C=O) groups excluding carboxylic acids is 1. The zero-order valence-corrected chi connectivity index (χ0v) is 15.3. The highest BCUT2D eigenvalue weighted by Crippen LogP contribution is 2.26. The number of ether oxygens (including phenoxy) is 1. The van der Waals surface area contributed by atoms with Crippen LogP contribution in [0.5, 0.6) is 11.5 Å². The van der Waals surface area contributed by atoms with Crippen LogP contribution < -0.4 is 10.1 Å². The minimum Gasteiger partial charge on any atom is -0.504 e. The van der Waals surface area contributed by atoms with Crippen molar-refractivity contribution in [2.75, 3.05) is 7.11 Å². The van der Waals surface area contributed by atoms with Gasteiger partial charge in [-0.15, -0.1) is 0 Å². The average molecular weight is 392 g/mol. The van der Waals surface area contributed by atoms with Crippen molar-refractivity contribution in [1.29, 1.82) is 0 Å². The summed E-state index contributed by atoms with van der Waals surface area (Å²) in [5.74, 6) is 0.551. The molecule has 0 unspecified atom stereocenters. The maximum absolute atomic E-state index is 11.9. The predicted octanol–water partition coefficient (Wildman–Crippen LogP) is 4.19. The van der Waals surface area contributed by atoms with E-state index in [4.69, 9.17) is 4.74 Å². The van der Waals surface area contributed by atoms with Gasteiger partial charge in [-0.05, 0) is 54.7 Å². The van der Waals surface area contributed by atoms with Crippen LogP contribution in [0.3, 0.4) is 0 Å². The lowest BCUT2D eigenvalue weighted by Gasteiger charge is -2.08. The minimum absolute atomic E-state index is 0.0397. The number of amides is 1. The Morgan fingerprint density at radius 3 is 2.54 bits per heavy atom. The maximum atomic E-state index is 11.9. The van der Waals surface area contributed by atoms with Gasteiger partial charge in [0.05, 0.1) is 7.11 Å². The monoisotopic (exact) mass is 391 g/mol. The summed E-state index contributed by atoms with van der Waals surface area (Å²) >= 11 is 3.42. The van der Waals surface area contributed by atoms with E-state index in [9.17, 15) is 9.90 Å². The number of hydrogen-bond acceptors (Lipinski definition) is 3. The SMILES string of the molecule is COc1cc(CNC(=O)CCCCc2ccc(Br)cc2)ccc1O. The highest BCUT2D eigenvalue weighted by Gasteiger charge is 2.05. The summed E-state index contributed by atoms with van der Waals surface area (Å²) in [6, 6.07) is 13.3. The van der Waals surface area contributed by atoms with Crippen LogP contribution >= 0.6 is 15.9 Å². The van der Waals surface area contributed by atoms with Gasteiger partial charge in [0.2, 0.25) is 5.91 Å². The number of carbonyl (C=O) groups is 1. The van der Waals surface area contributed by atoms with Crippen molar-refractivity contribution < 1.29 is 14.6 Å². The van der Waals surface area contributed by atoms with Crippen molar-refractivity contribution in [2.45, 2.75) is 32.2 Å². The molecule has 0 atom stereocenters. The van der Waals surface area contributed by atoms with E-state index in [1.54, 1.807) is 18.2 Å². The summed E-state index contributed by atoms with van der Waals surface area (Å²) in [6.07, 6.45) is 3.35. The number of benzene rings is 2. The van der Waals surface area contributed by atoms with Gasteiger partial charge in [-0.3, -0.25) is 4.79 Å². The van der Waals surface area contributed by atoms with E-state index >= 15 is 0 Å². The van der Waals surface area contributed by atoms with Gasteiger partial charge in [0.15, 0.2) is 11.5 Å². The Labute approximate surface area is 151 Å². The predicted molar refractivity (Wildman–Crippen MR) is 98.2 cm³/mol. The molecule has 0 heterocycles. The summed E-state index contributed by atoms with van der Waals surface area (Å²) in [5, 5.41) is 12.4. The Morgan fingerprint density at radius 1 is 1.12 bits per heavy atom. The van der Waals surface area contributed by atoms with E-state index < -0.39 is 0 Å². The van der Waals surface area contributed by atoms with Crippen LogP contribution in [0.4, 0.5) is 0 Å². The van der Waals surface area contributed by atoms with Crippen LogP contribution in [0, 0.1) is 0 Å². The van der Waals surface area contributed by atoms with E-state index in [-0.39, 0.29) is 11.7 Å². The zero-order valence-electron chi connectivity index (χ0n) is 13.7. The zero-order chi connectivity index (χ0) is 17.4. The molecule has 0 aliphatic carbocycles. The Balaban J connectivity index is 1.67. The van der Waals surface area contributed by atoms with Crippen molar-refractivity contribution in [3.63, 3.8) is 0 Å². The average Bonchev–Trinajstić information content (AvgIpc) is 2.59. The van der Waals surface area contributed by atoms with E-state index in [1.165, 1.54) is 12.7 Å². The molecule has 4 nitrogen and oxygen atoms in total. The molecule has 0 fully saturated rings. The van der Waals surface area contributed by atoms with Crippen molar-refractivity contribution in [2.24, 2.45) is 0 Å². The van der Waals surface area contributed by atoms with Crippen molar-refractivity contribution >= 4 is 21.8 Å². The molecular formula is C19H22BrNO3. The minimum atomic E-state index is 0.0397. The third kappa shape index (κ3) is 5.89. The summed E-state index contributed by atoms with van der Waals surface area (Å²) in [5.41, 5.74) is 2.18. The van der Waals surface area contributed by atoms with Crippen molar-refractivity contribution in [1.82, 2.24) is 5.32 Å². The first kappa shape index (κ1) is 18.3. The summed E-state index contributed by atoms with van der Waals surface area (Å²) in [6.45, 7) is 0.433. The first-order valence-corrected chi connectivity index (χ1v) is 8.75. The number of aryl methyl sites for hydroxylation is 1. The highest BCUT2D eigenvalue weighted by atomic mass is 79.9. The molecule has 0 saturated carbocycles. The molecule has 2 aromatic rings. The van der Waals surface area contributed by atoms with Crippen molar-refractivity contribution in [3.05, 3.63) is 58.1 Å². The topological polar surface area (TPSA) is 58.6 Å². The third-order valence-electron chi connectivity index (χ3n) is 3.77. The number of nitrogens with one attached hydrogen (secondary N) is 1. The van der Waals surface area contributed by atoms with Crippen LogP contribution in [0.1, 0.15) is 30.4 Å². The number of methoxy groups -OCH3 is 1. The largest absolute Gasteiger partial charge is 0.504 e. The fraction of sp³-hybridized carbons (Fsp3) is 0.316. The number of phenolic OH excluding ortho intramolecular Hbond substituents is 1. The van der Waals surface area contributed by atoms with Gasteiger partial charge in [0.25, 0.3) is 0 Å². The molecule has 0 spiro atoms. The molecule has 0 radical (unpaired) electrons. The first-order valence-electron chi connectivity index (χ1n) is 7.95. The van der Waals surface area contributed by atoms with E-state index in [1.807, 2.05) is 12.1 Å². The van der Waals surface area contributed by atoms with Gasteiger partial charge >= 0.3 is 0 Å². The molecule has 2 aromatic carbocycles. The second-order valence-electron chi connectivity index (χ2n) is 5.62. The lowest BCUT2D eigenvalue weighted by molar-refractivity contribution is -0.121. The van der Waals surface area contributed by atoms with Crippen LogP contribution in [0.2, 0.25) is 0 Å².